The second-order valence-corrected chi connectivity index (χ2v) is 6.54. The first kappa shape index (κ1) is 18.1. The van der Waals surface area contributed by atoms with Crippen molar-refractivity contribution in [1.29, 1.82) is 0 Å². The Morgan fingerprint density at radius 1 is 1.36 bits per heavy atom. The largest absolute Gasteiger partial charge is 0.444 e. The Bertz CT molecular complexity index is 423. The zero-order chi connectivity index (χ0) is 16.6. The third-order valence-corrected chi connectivity index (χ3v) is 3.36. The first-order valence-corrected chi connectivity index (χ1v) is 7.75. The van der Waals surface area contributed by atoms with Crippen LogP contribution in [0, 0.1) is 18.3 Å². The Morgan fingerprint density at radius 2 is 2.09 bits per heavy atom. The lowest BCUT2D eigenvalue weighted by Crippen LogP contribution is -2.44. The highest BCUT2D eigenvalue weighted by atomic mass is 16.6. The van der Waals surface area contributed by atoms with Crippen LogP contribution < -0.4 is 10.6 Å². The molecule has 0 aliphatic carbocycles. The predicted molar refractivity (Wildman–Crippen MR) is 85.4 cm³/mol. The fourth-order valence-electron chi connectivity index (χ4n) is 2.38. The number of urea groups is 1. The van der Waals surface area contributed by atoms with E-state index in [1.807, 2.05) is 20.8 Å². The second-order valence-electron chi connectivity index (χ2n) is 6.54. The molecule has 1 atom stereocenters. The van der Waals surface area contributed by atoms with Gasteiger partial charge in [-0.05, 0) is 46.0 Å². The van der Waals surface area contributed by atoms with Gasteiger partial charge in [-0.1, -0.05) is 5.92 Å². The van der Waals surface area contributed by atoms with E-state index in [9.17, 15) is 9.59 Å². The molecule has 1 fully saturated rings. The van der Waals surface area contributed by atoms with E-state index < -0.39 is 5.60 Å². The topological polar surface area (TPSA) is 70.7 Å². The van der Waals surface area contributed by atoms with Crippen molar-refractivity contribution < 1.29 is 14.3 Å². The maximum absolute atomic E-state index is 12.1. The summed E-state index contributed by atoms with van der Waals surface area (Å²) >= 11 is 0. The van der Waals surface area contributed by atoms with Gasteiger partial charge in [0.2, 0.25) is 0 Å². The van der Waals surface area contributed by atoms with Crippen LogP contribution in [0.15, 0.2) is 0 Å². The number of hydrogen-bond donors (Lipinski definition) is 2. The van der Waals surface area contributed by atoms with Gasteiger partial charge in [0, 0.05) is 19.6 Å². The maximum atomic E-state index is 12.1. The van der Waals surface area contributed by atoms with Crippen LogP contribution in [0.2, 0.25) is 0 Å². The smallest absolute Gasteiger partial charge is 0.410 e. The number of amides is 3. The van der Waals surface area contributed by atoms with Crippen molar-refractivity contribution in [1.82, 2.24) is 15.5 Å². The van der Waals surface area contributed by atoms with Crippen LogP contribution in [0.25, 0.3) is 0 Å². The zero-order valence-electron chi connectivity index (χ0n) is 13.8. The molecule has 0 aromatic heterocycles. The molecule has 1 aliphatic rings. The molecular weight excluding hydrogens is 282 g/mol. The van der Waals surface area contributed by atoms with E-state index >= 15 is 0 Å². The van der Waals surface area contributed by atoms with Gasteiger partial charge in [-0.2, -0.15) is 0 Å². The monoisotopic (exact) mass is 309 g/mol. The fraction of sp³-hybridized carbons (Fsp3) is 0.750. The molecule has 1 rings (SSSR count). The van der Waals surface area contributed by atoms with Crippen molar-refractivity contribution in [3.05, 3.63) is 0 Å². The molecule has 0 unspecified atom stereocenters. The minimum absolute atomic E-state index is 0.224. The molecule has 22 heavy (non-hydrogen) atoms. The molecule has 6 heteroatoms. The van der Waals surface area contributed by atoms with Crippen LogP contribution in [0.4, 0.5) is 9.59 Å². The summed E-state index contributed by atoms with van der Waals surface area (Å²) in [5, 5.41) is 5.32. The molecule has 0 saturated carbocycles. The van der Waals surface area contributed by atoms with Crippen LogP contribution in [-0.2, 0) is 4.74 Å². The molecule has 1 heterocycles. The van der Waals surface area contributed by atoms with E-state index in [4.69, 9.17) is 11.2 Å². The summed E-state index contributed by atoms with van der Waals surface area (Å²) in [6, 6.07) is -0.252. The van der Waals surface area contributed by atoms with Gasteiger partial charge in [-0.15, -0.1) is 6.42 Å². The molecule has 0 aromatic carbocycles. The average Bonchev–Trinajstić information content (AvgIpc) is 2.43. The highest BCUT2D eigenvalue weighted by molar-refractivity contribution is 5.74. The summed E-state index contributed by atoms with van der Waals surface area (Å²) in [5.41, 5.74) is -0.472. The van der Waals surface area contributed by atoms with Crippen LogP contribution in [0.5, 0.6) is 0 Å². The molecule has 2 N–H and O–H groups in total. The first-order chi connectivity index (χ1) is 10.3. The summed E-state index contributed by atoms with van der Waals surface area (Å²) in [7, 11) is 0. The van der Waals surface area contributed by atoms with Crippen molar-refractivity contribution in [2.24, 2.45) is 5.92 Å². The molecule has 6 nitrogen and oxygen atoms in total. The van der Waals surface area contributed by atoms with Crippen molar-refractivity contribution >= 4 is 12.1 Å². The lowest BCUT2D eigenvalue weighted by Gasteiger charge is -2.34. The minimum Gasteiger partial charge on any atom is -0.444 e. The number of nitrogens with one attached hydrogen (secondary N) is 2. The number of carbonyl (C=O) groups excluding carboxylic acids is 2. The Kier molecular flexibility index (Phi) is 7.03. The quantitative estimate of drug-likeness (QED) is 0.780. The van der Waals surface area contributed by atoms with E-state index in [2.05, 4.69) is 16.6 Å². The van der Waals surface area contributed by atoms with E-state index in [-0.39, 0.29) is 18.7 Å². The second kappa shape index (κ2) is 8.52. The van der Waals surface area contributed by atoms with Gasteiger partial charge in [-0.3, -0.25) is 0 Å². The van der Waals surface area contributed by atoms with Crippen LogP contribution in [-0.4, -0.2) is 48.8 Å². The Balaban J connectivity index is 2.30. The Morgan fingerprint density at radius 3 is 2.73 bits per heavy atom. The van der Waals surface area contributed by atoms with Gasteiger partial charge in [-0.25, -0.2) is 9.59 Å². The van der Waals surface area contributed by atoms with Gasteiger partial charge in [0.05, 0.1) is 6.54 Å². The van der Waals surface area contributed by atoms with Gasteiger partial charge >= 0.3 is 12.1 Å². The van der Waals surface area contributed by atoms with Crippen LogP contribution in [0.1, 0.15) is 40.0 Å². The predicted octanol–water partition coefficient (Wildman–Crippen LogP) is 1.96. The molecule has 3 amide bonds. The minimum atomic E-state index is -0.472. The summed E-state index contributed by atoms with van der Waals surface area (Å²) in [5.74, 6) is 2.73. The number of ether oxygens (including phenoxy) is 1. The summed E-state index contributed by atoms with van der Waals surface area (Å²) in [6.45, 7) is 7.82. The third kappa shape index (κ3) is 7.21. The third-order valence-electron chi connectivity index (χ3n) is 3.36. The van der Waals surface area contributed by atoms with E-state index in [0.29, 0.717) is 19.0 Å². The lowest BCUT2D eigenvalue weighted by molar-refractivity contribution is 0.0162. The molecule has 1 aliphatic heterocycles. The SMILES string of the molecule is C#CCNC(=O)NCC[C@H]1CCCN(C(=O)OC(C)(C)C)C1. The summed E-state index contributed by atoms with van der Waals surface area (Å²) in [4.78, 5) is 25.2. The van der Waals surface area contributed by atoms with E-state index in [1.54, 1.807) is 4.90 Å². The maximum Gasteiger partial charge on any atom is 0.410 e. The van der Waals surface area contributed by atoms with Crippen molar-refractivity contribution in [2.45, 2.75) is 45.6 Å². The number of nitrogens with zero attached hydrogens (tertiary/aromatic N) is 1. The van der Waals surface area contributed by atoms with Crippen LogP contribution in [0.3, 0.4) is 0 Å². The molecule has 124 valence electrons. The molecule has 0 radical (unpaired) electrons. The number of carbonyl (C=O) groups is 2. The Labute approximate surface area is 133 Å². The highest BCUT2D eigenvalue weighted by Crippen LogP contribution is 2.21. The van der Waals surface area contributed by atoms with Gasteiger partial charge < -0.3 is 20.3 Å². The normalized spacial score (nSPS) is 18.3. The summed E-state index contributed by atoms with van der Waals surface area (Å²) in [6.07, 6.45) is 7.68. The summed E-state index contributed by atoms with van der Waals surface area (Å²) < 4.78 is 5.40. The molecule has 1 saturated heterocycles. The molecule has 0 aromatic rings. The number of likely N-dealkylation sites (tertiary alicyclic amines) is 1. The lowest BCUT2D eigenvalue weighted by atomic mass is 9.95. The average molecular weight is 309 g/mol. The first-order valence-electron chi connectivity index (χ1n) is 7.75. The van der Waals surface area contributed by atoms with Gasteiger partial charge in [0.1, 0.15) is 5.60 Å². The standard InChI is InChI=1S/C16H27N3O3/c1-5-9-17-14(20)18-10-8-13-7-6-11-19(12-13)15(21)22-16(2,3)4/h1,13H,6-12H2,2-4H3,(H2,17,18,20)/t13-/m1/s1. The van der Waals surface area contributed by atoms with Crippen molar-refractivity contribution in [3.63, 3.8) is 0 Å². The van der Waals surface area contributed by atoms with Crippen LogP contribution >= 0.6 is 0 Å². The van der Waals surface area contributed by atoms with Crippen molar-refractivity contribution in [2.75, 3.05) is 26.2 Å². The molecular formula is C16H27N3O3. The number of terminal acetylenes is 1. The fourth-order valence-corrected chi connectivity index (χ4v) is 2.38. The number of piperidine rings is 1. The van der Waals surface area contributed by atoms with E-state index in [1.165, 1.54) is 0 Å². The van der Waals surface area contributed by atoms with Crippen molar-refractivity contribution in [3.8, 4) is 12.3 Å². The van der Waals surface area contributed by atoms with Gasteiger partial charge in [0.15, 0.2) is 0 Å². The Hall–Kier alpha value is -1.90. The zero-order valence-corrected chi connectivity index (χ0v) is 13.8. The highest BCUT2D eigenvalue weighted by Gasteiger charge is 2.27. The number of hydrogen-bond acceptors (Lipinski definition) is 3. The molecule has 0 bridgehead atoms. The van der Waals surface area contributed by atoms with E-state index in [0.717, 1.165) is 25.8 Å². The van der Waals surface area contributed by atoms with Gasteiger partial charge in [0.25, 0.3) is 0 Å². The molecule has 0 spiro atoms. The number of rotatable bonds is 4.